The molecule has 11 heteroatoms. The molecular weight excluding hydrogens is 398 g/mol. The molecule has 1 saturated carbocycles. The van der Waals surface area contributed by atoms with Crippen molar-refractivity contribution in [2.24, 2.45) is 0 Å². The summed E-state index contributed by atoms with van der Waals surface area (Å²) in [5.41, 5.74) is 0.768. The average Bonchev–Trinajstić information content (AvgIpc) is 3.02. The largest absolute Gasteiger partial charge is 0.573 e. The Bertz CT molecular complexity index is 1000. The standard InChI is InChI=1S/C18H13F4N3O4/c19-11-1-9(4-13(5-11)28-18(20,21)22)10-2-12(3-10)27-17-8-23-14(7-24-17)15-6-16(26)25-29-15/h1,4-8,10,12H,2-3H2,(H,25,26). The molecule has 1 aliphatic carbocycles. The number of benzene rings is 1. The molecule has 2 aromatic heterocycles. The number of aromatic nitrogens is 3. The lowest BCUT2D eigenvalue weighted by Gasteiger charge is -2.35. The summed E-state index contributed by atoms with van der Waals surface area (Å²) < 4.78 is 65.0. The van der Waals surface area contributed by atoms with Gasteiger partial charge in [0.1, 0.15) is 23.4 Å². The molecule has 0 atom stereocenters. The molecule has 0 saturated heterocycles. The van der Waals surface area contributed by atoms with E-state index in [2.05, 4.69) is 19.9 Å². The Kier molecular flexibility index (Phi) is 4.73. The van der Waals surface area contributed by atoms with Gasteiger partial charge in [0.15, 0.2) is 5.76 Å². The summed E-state index contributed by atoms with van der Waals surface area (Å²) in [6.45, 7) is 0. The monoisotopic (exact) mass is 411 g/mol. The number of alkyl halides is 3. The second kappa shape index (κ2) is 7.22. The van der Waals surface area contributed by atoms with Crippen molar-refractivity contribution < 1.29 is 36.7 Å². The van der Waals surface area contributed by atoms with E-state index in [1.807, 2.05) is 0 Å². The minimum atomic E-state index is -4.88. The molecule has 3 aromatic rings. The molecule has 7 nitrogen and oxygen atoms in total. The first-order valence-corrected chi connectivity index (χ1v) is 8.46. The third-order valence-electron chi connectivity index (χ3n) is 4.36. The van der Waals surface area contributed by atoms with Gasteiger partial charge in [0.2, 0.25) is 5.88 Å². The summed E-state index contributed by atoms with van der Waals surface area (Å²) in [7, 11) is 0. The fourth-order valence-corrected chi connectivity index (χ4v) is 3.01. The number of rotatable bonds is 5. The van der Waals surface area contributed by atoms with Crippen molar-refractivity contribution >= 4 is 0 Å². The van der Waals surface area contributed by atoms with Crippen LogP contribution in [0.5, 0.6) is 17.5 Å². The molecule has 0 spiro atoms. The van der Waals surface area contributed by atoms with E-state index in [0.29, 0.717) is 30.2 Å². The van der Waals surface area contributed by atoms with Crippen LogP contribution in [0.4, 0.5) is 17.6 Å². The van der Waals surface area contributed by atoms with Crippen molar-refractivity contribution in [3.8, 4) is 29.0 Å². The Labute approximate surface area is 160 Å². The van der Waals surface area contributed by atoms with Crippen LogP contribution in [0.15, 0.2) is 41.2 Å². The highest BCUT2D eigenvalue weighted by Gasteiger charge is 2.35. The van der Waals surface area contributed by atoms with Crippen molar-refractivity contribution in [2.45, 2.75) is 31.2 Å². The average molecular weight is 411 g/mol. The molecule has 0 radical (unpaired) electrons. The van der Waals surface area contributed by atoms with Crippen LogP contribution in [0, 0.1) is 5.82 Å². The Balaban J connectivity index is 1.35. The van der Waals surface area contributed by atoms with E-state index >= 15 is 0 Å². The van der Waals surface area contributed by atoms with E-state index in [1.165, 1.54) is 30.6 Å². The quantitative estimate of drug-likeness (QED) is 0.630. The summed E-state index contributed by atoms with van der Waals surface area (Å²) >= 11 is 0. The topological polar surface area (TPSA) is 90.5 Å². The van der Waals surface area contributed by atoms with Gasteiger partial charge < -0.3 is 19.1 Å². The van der Waals surface area contributed by atoms with Gasteiger partial charge in [0.25, 0.3) is 5.88 Å². The number of ether oxygens (including phenoxy) is 2. The van der Waals surface area contributed by atoms with Crippen molar-refractivity contribution in [3.05, 3.63) is 48.0 Å². The molecule has 0 bridgehead atoms. The second-order valence-corrected chi connectivity index (χ2v) is 6.47. The maximum absolute atomic E-state index is 13.6. The molecule has 0 aliphatic heterocycles. The first-order chi connectivity index (χ1) is 13.7. The van der Waals surface area contributed by atoms with Gasteiger partial charge in [0, 0.05) is 6.07 Å². The molecule has 1 aliphatic rings. The summed E-state index contributed by atoms with van der Waals surface area (Å²) in [6, 6.07) is 4.34. The zero-order valence-corrected chi connectivity index (χ0v) is 14.6. The molecular formula is C18H13F4N3O4. The number of hydrogen-bond acceptors (Lipinski definition) is 7. The highest BCUT2D eigenvalue weighted by atomic mass is 19.4. The third kappa shape index (κ3) is 4.55. The molecule has 29 heavy (non-hydrogen) atoms. The predicted molar refractivity (Wildman–Crippen MR) is 88.7 cm³/mol. The van der Waals surface area contributed by atoms with Crippen LogP contribution in [0.1, 0.15) is 24.3 Å². The van der Waals surface area contributed by atoms with Crippen LogP contribution in [0.2, 0.25) is 0 Å². The molecule has 152 valence electrons. The first-order valence-electron chi connectivity index (χ1n) is 8.46. The maximum Gasteiger partial charge on any atom is 0.573 e. The van der Waals surface area contributed by atoms with E-state index in [4.69, 9.17) is 9.26 Å². The molecule has 2 heterocycles. The number of hydrogen-bond donors (Lipinski definition) is 1. The molecule has 4 rings (SSSR count). The van der Waals surface area contributed by atoms with E-state index in [1.54, 1.807) is 0 Å². The minimum Gasteiger partial charge on any atom is -0.491 e. The summed E-state index contributed by atoms with van der Waals surface area (Å²) in [4.78, 5) is 8.20. The normalized spacial score (nSPS) is 18.9. The molecule has 0 amide bonds. The van der Waals surface area contributed by atoms with Gasteiger partial charge in [-0.25, -0.2) is 14.4 Å². The Hall–Kier alpha value is -3.37. The van der Waals surface area contributed by atoms with Gasteiger partial charge in [-0.1, -0.05) is 0 Å². The van der Waals surface area contributed by atoms with Gasteiger partial charge >= 0.3 is 6.36 Å². The Morgan fingerprint density at radius 1 is 1.07 bits per heavy atom. The van der Waals surface area contributed by atoms with Crippen molar-refractivity contribution in [1.82, 2.24) is 15.1 Å². The molecule has 0 unspecified atom stereocenters. The van der Waals surface area contributed by atoms with Gasteiger partial charge in [0.05, 0.1) is 18.5 Å². The van der Waals surface area contributed by atoms with E-state index in [9.17, 15) is 22.7 Å². The third-order valence-corrected chi connectivity index (χ3v) is 4.36. The van der Waals surface area contributed by atoms with Crippen LogP contribution in [-0.2, 0) is 0 Å². The molecule has 1 N–H and O–H groups in total. The van der Waals surface area contributed by atoms with Crippen LogP contribution in [-0.4, -0.2) is 32.7 Å². The summed E-state index contributed by atoms with van der Waals surface area (Å²) in [6.07, 6.45) is -1.39. The Morgan fingerprint density at radius 2 is 1.86 bits per heavy atom. The predicted octanol–water partition coefficient (Wildman–Crippen LogP) is 4.20. The second-order valence-electron chi connectivity index (χ2n) is 6.47. The van der Waals surface area contributed by atoms with Gasteiger partial charge in [-0.15, -0.1) is 13.2 Å². The number of halogens is 4. The minimum absolute atomic E-state index is 0.157. The van der Waals surface area contributed by atoms with Crippen LogP contribution in [0.3, 0.4) is 0 Å². The lowest BCUT2D eigenvalue weighted by molar-refractivity contribution is -0.274. The number of nitrogens with zero attached hydrogens (tertiary/aromatic N) is 3. The van der Waals surface area contributed by atoms with Crippen molar-refractivity contribution in [3.63, 3.8) is 0 Å². The smallest absolute Gasteiger partial charge is 0.491 e. The van der Waals surface area contributed by atoms with Crippen LogP contribution in [0.25, 0.3) is 11.5 Å². The highest BCUT2D eigenvalue weighted by Crippen LogP contribution is 2.40. The highest BCUT2D eigenvalue weighted by molar-refractivity contribution is 5.51. The summed E-state index contributed by atoms with van der Waals surface area (Å²) in [5, 5.41) is 12.5. The van der Waals surface area contributed by atoms with Crippen molar-refractivity contribution in [1.29, 1.82) is 0 Å². The van der Waals surface area contributed by atoms with Crippen LogP contribution < -0.4 is 9.47 Å². The summed E-state index contributed by atoms with van der Waals surface area (Å²) in [5.74, 6) is -1.32. The zero-order chi connectivity index (χ0) is 20.6. The lowest BCUT2D eigenvalue weighted by atomic mass is 9.77. The van der Waals surface area contributed by atoms with E-state index in [0.717, 1.165) is 0 Å². The van der Waals surface area contributed by atoms with E-state index in [-0.39, 0.29) is 29.5 Å². The Morgan fingerprint density at radius 3 is 2.48 bits per heavy atom. The lowest BCUT2D eigenvalue weighted by Crippen LogP contribution is -2.32. The van der Waals surface area contributed by atoms with Gasteiger partial charge in [-0.05, 0) is 41.6 Å². The number of aromatic hydroxyl groups is 1. The SMILES string of the molecule is Oc1cc(-c2cnc(OC3CC(c4cc(F)cc(OC(F)(F)F)c4)C3)cn2)on1. The maximum atomic E-state index is 13.6. The molecule has 1 aromatic carbocycles. The fourth-order valence-electron chi connectivity index (χ4n) is 3.01. The zero-order valence-electron chi connectivity index (χ0n) is 14.6. The van der Waals surface area contributed by atoms with Crippen molar-refractivity contribution in [2.75, 3.05) is 0 Å². The van der Waals surface area contributed by atoms with Gasteiger partial charge in [-0.2, -0.15) is 0 Å². The van der Waals surface area contributed by atoms with Gasteiger partial charge in [-0.3, -0.25) is 0 Å². The van der Waals surface area contributed by atoms with Crippen LogP contribution >= 0.6 is 0 Å². The first kappa shape index (κ1) is 19.0. The molecule has 1 fully saturated rings. The fraction of sp³-hybridized carbons (Fsp3) is 0.278. The van der Waals surface area contributed by atoms with E-state index < -0.39 is 17.9 Å².